The lowest BCUT2D eigenvalue weighted by Gasteiger charge is -2.06. The highest BCUT2D eigenvalue weighted by atomic mass is 16.1. The number of pyridine rings is 1. The highest BCUT2D eigenvalue weighted by Crippen LogP contribution is 2.08. The van der Waals surface area contributed by atoms with Gasteiger partial charge in [0.2, 0.25) is 0 Å². The number of anilines is 1. The Bertz CT molecular complexity index is 535. The monoisotopic (exact) mass is 232 g/mol. The lowest BCUT2D eigenvalue weighted by Crippen LogP contribution is -2.25. The molecule has 2 rings (SSSR count). The van der Waals surface area contributed by atoms with Gasteiger partial charge in [0.15, 0.2) is 5.82 Å². The van der Waals surface area contributed by atoms with Crippen LogP contribution in [0.4, 0.5) is 5.69 Å². The molecule has 7 heteroatoms. The molecule has 2 aromatic rings. The first-order valence-electron chi connectivity index (χ1n) is 4.99. The summed E-state index contributed by atoms with van der Waals surface area (Å²) in [6, 6.07) is 1.58. The summed E-state index contributed by atoms with van der Waals surface area (Å²) in [7, 11) is 1.81. The van der Waals surface area contributed by atoms with Crippen molar-refractivity contribution >= 4 is 11.6 Å². The Morgan fingerprint density at radius 3 is 3.06 bits per heavy atom. The number of nitrogens with zero attached hydrogens (tertiary/aromatic N) is 4. The molecule has 0 atom stereocenters. The fraction of sp³-hybridized carbons (Fsp3) is 0.200. The van der Waals surface area contributed by atoms with Crippen LogP contribution in [0.25, 0.3) is 0 Å². The molecule has 0 spiro atoms. The average Bonchev–Trinajstić information content (AvgIpc) is 2.72. The predicted octanol–water partition coefficient (Wildman–Crippen LogP) is -0.278. The molecule has 0 radical (unpaired) electrons. The molecule has 0 saturated heterocycles. The van der Waals surface area contributed by atoms with Crippen molar-refractivity contribution in [1.82, 2.24) is 25.1 Å². The molecular formula is C10H12N6O. The minimum absolute atomic E-state index is 0.279. The molecule has 0 aliphatic carbocycles. The summed E-state index contributed by atoms with van der Waals surface area (Å²) in [5.74, 6) is 0.388. The molecule has 0 fully saturated rings. The summed E-state index contributed by atoms with van der Waals surface area (Å²) >= 11 is 0. The van der Waals surface area contributed by atoms with Crippen molar-refractivity contribution < 1.29 is 4.79 Å². The van der Waals surface area contributed by atoms with Crippen LogP contribution in [-0.2, 0) is 13.6 Å². The van der Waals surface area contributed by atoms with Gasteiger partial charge in [-0.15, -0.1) is 10.2 Å². The van der Waals surface area contributed by atoms with E-state index in [-0.39, 0.29) is 5.91 Å². The van der Waals surface area contributed by atoms with E-state index in [0.29, 0.717) is 23.6 Å². The number of aromatic nitrogens is 4. The summed E-state index contributed by atoms with van der Waals surface area (Å²) in [5.41, 5.74) is 6.42. The quantitative estimate of drug-likeness (QED) is 0.758. The molecule has 0 saturated carbocycles. The molecule has 0 aliphatic heterocycles. The van der Waals surface area contributed by atoms with Gasteiger partial charge >= 0.3 is 0 Å². The molecule has 0 aliphatic rings. The molecule has 7 nitrogen and oxygen atoms in total. The summed E-state index contributed by atoms with van der Waals surface area (Å²) in [6.07, 6.45) is 4.54. The number of nitrogens with one attached hydrogen (secondary N) is 1. The molecule has 0 aromatic carbocycles. The van der Waals surface area contributed by atoms with Gasteiger partial charge in [-0.1, -0.05) is 0 Å². The molecule has 17 heavy (non-hydrogen) atoms. The topological polar surface area (TPSA) is 98.7 Å². The van der Waals surface area contributed by atoms with E-state index in [0.717, 1.165) is 0 Å². The molecule has 2 heterocycles. The maximum absolute atomic E-state index is 11.8. The number of carbonyl (C=O) groups is 1. The van der Waals surface area contributed by atoms with Crippen molar-refractivity contribution in [2.75, 3.05) is 5.73 Å². The van der Waals surface area contributed by atoms with Gasteiger partial charge in [0.05, 0.1) is 12.1 Å². The number of hydrogen-bond acceptors (Lipinski definition) is 5. The molecule has 2 aromatic heterocycles. The van der Waals surface area contributed by atoms with Crippen LogP contribution in [0.3, 0.4) is 0 Å². The number of rotatable bonds is 3. The van der Waals surface area contributed by atoms with E-state index in [1.54, 1.807) is 24.0 Å². The van der Waals surface area contributed by atoms with Gasteiger partial charge in [-0.3, -0.25) is 9.78 Å². The summed E-state index contributed by atoms with van der Waals surface area (Å²) in [4.78, 5) is 15.6. The average molecular weight is 232 g/mol. The number of aryl methyl sites for hydroxylation is 1. The Hall–Kier alpha value is -2.44. The zero-order valence-electron chi connectivity index (χ0n) is 9.29. The summed E-state index contributed by atoms with van der Waals surface area (Å²) < 4.78 is 1.73. The van der Waals surface area contributed by atoms with Crippen molar-refractivity contribution in [2.24, 2.45) is 7.05 Å². The van der Waals surface area contributed by atoms with E-state index in [2.05, 4.69) is 20.5 Å². The SMILES string of the molecule is Cn1cnnc1CNC(=O)c1cnccc1N. The number of nitrogen functional groups attached to an aromatic ring is 1. The van der Waals surface area contributed by atoms with Gasteiger partial charge in [-0.25, -0.2) is 0 Å². The highest BCUT2D eigenvalue weighted by molar-refractivity contribution is 5.98. The van der Waals surface area contributed by atoms with Gasteiger partial charge in [-0.2, -0.15) is 0 Å². The first kappa shape index (κ1) is 11.1. The van der Waals surface area contributed by atoms with E-state index >= 15 is 0 Å². The molecular weight excluding hydrogens is 220 g/mol. The second kappa shape index (κ2) is 4.60. The fourth-order valence-corrected chi connectivity index (χ4v) is 1.32. The minimum atomic E-state index is -0.279. The van der Waals surface area contributed by atoms with Crippen LogP contribution in [0.1, 0.15) is 16.2 Å². The van der Waals surface area contributed by atoms with Crippen molar-refractivity contribution in [3.05, 3.63) is 36.2 Å². The molecule has 1 amide bonds. The van der Waals surface area contributed by atoms with Crippen LogP contribution in [0.15, 0.2) is 24.8 Å². The van der Waals surface area contributed by atoms with E-state index in [4.69, 9.17) is 5.73 Å². The number of nitrogens with two attached hydrogens (primary N) is 1. The zero-order valence-corrected chi connectivity index (χ0v) is 9.29. The normalized spacial score (nSPS) is 10.2. The minimum Gasteiger partial charge on any atom is -0.398 e. The van der Waals surface area contributed by atoms with Crippen LogP contribution < -0.4 is 11.1 Å². The third kappa shape index (κ3) is 2.39. The molecule has 3 N–H and O–H groups in total. The molecule has 0 unspecified atom stereocenters. The third-order valence-corrected chi connectivity index (χ3v) is 2.31. The van der Waals surface area contributed by atoms with Crippen LogP contribution >= 0.6 is 0 Å². The number of hydrogen-bond donors (Lipinski definition) is 2. The Morgan fingerprint density at radius 1 is 1.59 bits per heavy atom. The largest absolute Gasteiger partial charge is 0.398 e. The van der Waals surface area contributed by atoms with Crippen molar-refractivity contribution in [3.63, 3.8) is 0 Å². The van der Waals surface area contributed by atoms with Crippen molar-refractivity contribution in [3.8, 4) is 0 Å². The number of amides is 1. The smallest absolute Gasteiger partial charge is 0.255 e. The van der Waals surface area contributed by atoms with Gasteiger partial charge in [-0.05, 0) is 6.07 Å². The Morgan fingerprint density at radius 2 is 2.41 bits per heavy atom. The first-order valence-corrected chi connectivity index (χ1v) is 4.99. The van der Waals surface area contributed by atoms with Gasteiger partial charge in [0.1, 0.15) is 6.33 Å². The van der Waals surface area contributed by atoms with E-state index < -0.39 is 0 Å². The highest BCUT2D eigenvalue weighted by Gasteiger charge is 2.10. The van der Waals surface area contributed by atoms with E-state index in [1.807, 2.05) is 0 Å². The van der Waals surface area contributed by atoms with E-state index in [9.17, 15) is 4.79 Å². The molecule has 0 bridgehead atoms. The summed E-state index contributed by atoms with van der Waals surface area (Å²) in [6.45, 7) is 0.295. The van der Waals surface area contributed by atoms with Gasteiger partial charge in [0.25, 0.3) is 5.91 Å². The maximum Gasteiger partial charge on any atom is 0.255 e. The van der Waals surface area contributed by atoms with E-state index in [1.165, 1.54) is 12.4 Å². The van der Waals surface area contributed by atoms with Crippen molar-refractivity contribution in [1.29, 1.82) is 0 Å². The second-order valence-corrected chi connectivity index (χ2v) is 3.50. The summed E-state index contributed by atoms with van der Waals surface area (Å²) in [5, 5.41) is 10.3. The maximum atomic E-state index is 11.8. The van der Waals surface area contributed by atoms with Crippen LogP contribution in [0, 0.1) is 0 Å². The standard InChI is InChI=1S/C10H12N6O/c1-16-6-14-15-9(16)5-13-10(17)7-4-12-3-2-8(7)11/h2-4,6H,5H2,1H3,(H2,11,12)(H,13,17). The Balaban J connectivity index is 2.04. The lowest BCUT2D eigenvalue weighted by atomic mass is 10.2. The first-order chi connectivity index (χ1) is 8.18. The predicted molar refractivity (Wildman–Crippen MR) is 60.8 cm³/mol. The number of carbonyl (C=O) groups excluding carboxylic acids is 1. The third-order valence-electron chi connectivity index (χ3n) is 2.31. The Kier molecular flexibility index (Phi) is 2.99. The second-order valence-electron chi connectivity index (χ2n) is 3.50. The van der Waals surface area contributed by atoms with Gasteiger partial charge in [0, 0.05) is 25.1 Å². The van der Waals surface area contributed by atoms with Crippen molar-refractivity contribution in [2.45, 2.75) is 6.54 Å². The Labute approximate surface area is 97.7 Å². The molecule has 88 valence electrons. The lowest BCUT2D eigenvalue weighted by molar-refractivity contribution is 0.0950. The van der Waals surface area contributed by atoms with Crippen LogP contribution in [0.5, 0.6) is 0 Å². The van der Waals surface area contributed by atoms with Crippen LogP contribution in [0.2, 0.25) is 0 Å². The fourth-order valence-electron chi connectivity index (χ4n) is 1.32. The van der Waals surface area contributed by atoms with Crippen LogP contribution in [-0.4, -0.2) is 25.7 Å². The zero-order chi connectivity index (χ0) is 12.3. The van der Waals surface area contributed by atoms with Gasteiger partial charge < -0.3 is 15.6 Å².